The summed E-state index contributed by atoms with van der Waals surface area (Å²) in [5, 5.41) is 0. The largest absolute Gasteiger partial charge is 0.0654 e. The molecule has 0 N–H and O–H groups in total. The Balaban J connectivity index is 1.84. The molecule has 0 amide bonds. The molecule has 0 nitrogen and oxygen atoms in total. The molecule has 70 valence electrons. The number of fused-ring (bicyclic) bond motifs is 1. The minimum atomic E-state index is 0.870. The molecular weight excluding hydrogens is 144 g/mol. The van der Waals surface area contributed by atoms with Gasteiger partial charge in [-0.2, -0.15) is 0 Å². The van der Waals surface area contributed by atoms with E-state index in [-0.39, 0.29) is 0 Å². The van der Waals surface area contributed by atoms with Gasteiger partial charge in [0.05, 0.1) is 0 Å². The highest BCUT2D eigenvalue weighted by Gasteiger charge is 2.58. The molecule has 0 aromatic heterocycles. The SMILES string of the molecule is CCCC[C@@H](C)[C@@]12CCC[C@H]1C2. The fourth-order valence-corrected chi connectivity index (χ4v) is 3.42. The third-order valence-electron chi connectivity index (χ3n) is 4.45. The molecule has 0 radical (unpaired) electrons. The third kappa shape index (κ3) is 1.20. The van der Waals surface area contributed by atoms with Gasteiger partial charge in [-0.15, -0.1) is 0 Å². The van der Waals surface area contributed by atoms with E-state index in [0.717, 1.165) is 17.3 Å². The van der Waals surface area contributed by atoms with E-state index < -0.39 is 0 Å². The van der Waals surface area contributed by atoms with E-state index in [9.17, 15) is 0 Å². The van der Waals surface area contributed by atoms with Crippen LogP contribution in [0.4, 0.5) is 0 Å². The monoisotopic (exact) mass is 166 g/mol. The van der Waals surface area contributed by atoms with Crippen molar-refractivity contribution in [2.45, 2.75) is 58.8 Å². The van der Waals surface area contributed by atoms with Gasteiger partial charge in [0.2, 0.25) is 0 Å². The lowest BCUT2D eigenvalue weighted by Crippen LogP contribution is -2.11. The molecule has 2 rings (SSSR count). The Bertz CT molecular complexity index is 161. The van der Waals surface area contributed by atoms with Gasteiger partial charge in [-0.05, 0) is 36.5 Å². The minimum Gasteiger partial charge on any atom is -0.0654 e. The first-order chi connectivity index (χ1) is 5.79. The molecular formula is C12H22. The second-order valence-electron chi connectivity index (χ2n) is 5.07. The van der Waals surface area contributed by atoms with Crippen LogP contribution in [0, 0.1) is 17.3 Å². The van der Waals surface area contributed by atoms with Gasteiger partial charge in [0, 0.05) is 0 Å². The highest BCUT2D eigenvalue weighted by atomic mass is 14.6. The van der Waals surface area contributed by atoms with Crippen LogP contribution in [0.15, 0.2) is 0 Å². The maximum Gasteiger partial charge on any atom is -0.0240 e. The fourth-order valence-electron chi connectivity index (χ4n) is 3.42. The van der Waals surface area contributed by atoms with Gasteiger partial charge in [0.1, 0.15) is 0 Å². The maximum absolute atomic E-state index is 2.50. The summed E-state index contributed by atoms with van der Waals surface area (Å²) in [5.41, 5.74) is 0.870. The van der Waals surface area contributed by atoms with Crippen LogP contribution in [0.2, 0.25) is 0 Å². The molecule has 0 aliphatic heterocycles. The molecule has 2 fully saturated rings. The smallest absolute Gasteiger partial charge is 0.0240 e. The van der Waals surface area contributed by atoms with Crippen LogP contribution in [0.25, 0.3) is 0 Å². The average molecular weight is 166 g/mol. The third-order valence-corrected chi connectivity index (χ3v) is 4.45. The van der Waals surface area contributed by atoms with Gasteiger partial charge in [-0.3, -0.25) is 0 Å². The van der Waals surface area contributed by atoms with Crippen LogP contribution >= 0.6 is 0 Å². The Morgan fingerprint density at radius 1 is 1.50 bits per heavy atom. The van der Waals surface area contributed by atoms with E-state index >= 15 is 0 Å². The first-order valence-corrected chi connectivity index (χ1v) is 5.79. The van der Waals surface area contributed by atoms with Crippen LogP contribution in [0.1, 0.15) is 58.8 Å². The molecule has 2 aliphatic rings. The quantitative estimate of drug-likeness (QED) is 0.592. The number of hydrogen-bond donors (Lipinski definition) is 0. The van der Waals surface area contributed by atoms with E-state index in [1.54, 1.807) is 19.3 Å². The Hall–Kier alpha value is 0. The lowest BCUT2D eigenvalue weighted by molar-refractivity contribution is 0.293. The number of unbranched alkanes of at least 4 members (excludes halogenated alkanes) is 1. The van der Waals surface area contributed by atoms with Crippen molar-refractivity contribution in [2.24, 2.45) is 17.3 Å². The van der Waals surface area contributed by atoms with E-state index in [0.29, 0.717) is 0 Å². The summed E-state index contributed by atoms with van der Waals surface area (Å²) >= 11 is 0. The predicted molar refractivity (Wildman–Crippen MR) is 53.1 cm³/mol. The summed E-state index contributed by atoms with van der Waals surface area (Å²) in [5.74, 6) is 2.19. The standard InChI is InChI=1S/C12H22/c1-3-4-6-10(2)12-8-5-7-11(12)9-12/h10-11H,3-9H2,1-2H3/t10-,11+,12+/m1/s1. The van der Waals surface area contributed by atoms with Gasteiger partial charge in [0.25, 0.3) is 0 Å². The Labute approximate surface area is 76.7 Å². The van der Waals surface area contributed by atoms with Gasteiger partial charge < -0.3 is 0 Å². The molecule has 2 aliphatic carbocycles. The van der Waals surface area contributed by atoms with Gasteiger partial charge in [-0.25, -0.2) is 0 Å². The Morgan fingerprint density at radius 2 is 2.33 bits per heavy atom. The second kappa shape index (κ2) is 3.05. The topological polar surface area (TPSA) is 0 Å². The molecule has 0 aromatic carbocycles. The first-order valence-electron chi connectivity index (χ1n) is 5.79. The van der Waals surface area contributed by atoms with Crippen LogP contribution in [0.3, 0.4) is 0 Å². The Morgan fingerprint density at radius 3 is 2.83 bits per heavy atom. The molecule has 0 heterocycles. The van der Waals surface area contributed by atoms with Crippen molar-refractivity contribution in [3.63, 3.8) is 0 Å². The molecule has 0 aromatic rings. The first kappa shape index (κ1) is 8.59. The molecule has 2 saturated carbocycles. The normalized spacial score (nSPS) is 41.0. The lowest BCUT2D eigenvalue weighted by atomic mass is 9.84. The van der Waals surface area contributed by atoms with Gasteiger partial charge in [0.15, 0.2) is 0 Å². The van der Waals surface area contributed by atoms with Crippen molar-refractivity contribution in [2.75, 3.05) is 0 Å². The summed E-state index contributed by atoms with van der Waals surface area (Å²) in [6, 6.07) is 0. The van der Waals surface area contributed by atoms with Crippen molar-refractivity contribution >= 4 is 0 Å². The lowest BCUT2D eigenvalue weighted by Gasteiger charge is -2.21. The van der Waals surface area contributed by atoms with Crippen molar-refractivity contribution < 1.29 is 0 Å². The zero-order chi connectivity index (χ0) is 8.60. The van der Waals surface area contributed by atoms with Crippen LogP contribution < -0.4 is 0 Å². The zero-order valence-electron chi connectivity index (χ0n) is 8.60. The molecule has 0 spiro atoms. The van der Waals surface area contributed by atoms with Crippen molar-refractivity contribution in [3.8, 4) is 0 Å². The van der Waals surface area contributed by atoms with E-state index in [4.69, 9.17) is 0 Å². The molecule has 0 bridgehead atoms. The van der Waals surface area contributed by atoms with E-state index in [2.05, 4.69) is 13.8 Å². The summed E-state index contributed by atoms with van der Waals surface area (Å²) in [4.78, 5) is 0. The van der Waals surface area contributed by atoms with Crippen molar-refractivity contribution in [1.82, 2.24) is 0 Å². The van der Waals surface area contributed by atoms with Crippen LogP contribution in [-0.4, -0.2) is 0 Å². The molecule has 12 heavy (non-hydrogen) atoms. The molecule has 0 unspecified atom stereocenters. The van der Waals surface area contributed by atoms with Crippen LogP contribution in [-0.2, 0) is 0 Å². The predicted octanol–water partition coefficient (Wildman–Crippen LogP) is 4.00. The van der Waals surface area contributed by atoms with Crippen molar-refractivity contribution in [3.05, 3.63) is 0 Å². The molecule has 0 heteroatoms. The van der Waals surface area contributed by atoms with Crippen molar-refractivity contribution in [1.29, 1.82) is 0 Å². The van der Waals surface area contributed by atoms with Gasteiger partial charge in [-0.1, -0.05) is 39.5 Å². The van der Waals surface area contributed by atoms with Gasteiger partial charge >= 0.3 is 0 Å². The van der Waals surface area contributed by atoms with E-state index in [1.807, 2.05) is 0 Å². The highest BCUT2D eigenvalue weighted by molar-refractivity contribution is 5.08. The summed E-state index contributed by atoms with van der Waals surface area (Å²) in [6.45, 7) is 4.81. The Kier molecular flexibility index (Phi) is 2.18. The number of rotatable bonds is 4. The van der Waals surface area contributed by atoms with E-state index in [1.165, 1.54) is 25.7 Å². The minimum absolute atomic E-state index is 0.870. The highest BCUT2D eigenvalue weighted by Crippen LogP contribution is 2.68. The molecule has 3 atom stereocenters. The fraction of sp³-hybridized carbons (Fsp3) is 1.00. The summed E-state index contributed by atoms with van der Waals surface area (Å²) in [7, 11) is 0. The average Bonchev–Trinajstić information content (AvgIpc) is 2.66. The maximum atomic E-state index is 2.50. The summed E-state index contributed by atoms with van der Waals surface area (Å²) in [6.07, 6.45) is 10.5. The zero-order valence-corrected chi connectivity index (χ0v) is 8.60. The number of hydrogen-bond acceptors (Lipinski definition) is 0. The second-order valence-corrected chi connectivity index (χ2v) is 5.07. The van der Waals surface area contributed by atoms with Crippen LogP contribution in [0.5, 0.6) is 0 Å². The summed E-state index contributed by atoms with van der Waals surface area (Å²) < 4.78 is 0. The molecule has 0 saturated heterocycles.